The molecule has 27 heavy (non-hydrogen) atoms. The number of carbonyl (C=O) groups excluding carboxylic acids is 1. The number of methoxy groups -OCH3 is 1. The van der Waals surface area contributed by atoms with Crippen molar-refractivity contribution in [3.8, 4) is 5.75 Å². The molecule has 0 aliphatic carbocycles. The minimum Gasteiger partial charge on any atom is -0.497 e. The highest BCUT2D eigenvalue weighted by atomic mass is 32.2. The molecule has 2 aromatic rings. The smallest absolute Gasteiger partial charge is 0.251 e. The van der Waals surface area contributed by atoms with Gasteiger partial charge in [0.2, 0.25) is 10.0 Å². The molecule has 2 aromatic carbocycles. The van der Waals surface area contributed by atoms with Gasteiger partial charge in [-0.3, -0.25) is 4.79 Å². The molecule has 1 unspecified atom stereocenters. The van der Waals surface area contributed by atoms with Crippen molar-refractivity contribution >= 4 is 15.9 Å². The van der Waals surface area contributed by atoms with E-state index in [2.05, 4.69) is 5.32 Å². The zero-order chi connectivity index (χ0) is 19.4. The number of hydrogen-bond acceptors (Lipinski definition) is 4. The Hall–Kier alpha value is -2.38. The van der Waals surface area contributed by atoms with Crippen LogP contribution in [0.15, 0.2) is 53.4 Å². The second kappa shape index (κ2) is 8.10. The van der Waals surface area contributed by atoms with Crippen LogP contribution < -0.4 is 10.1 Å². The molecule has 0 spiro atoms. The molecule has 1 heterocycles. The predicted molar refractivity (Wildman–Crippen MR) is 103 cm³/mol. The van der Waals surface area contributed by atoms with Crippen molar-refractivity contribution < 1.29 is 17.9 Å². The number of hydrogen-bond donors (Lipinski definition) is 1. The molecule has 6 nitrogen and oxygen atoms in total. The van der Waals surface area contributed by atoms with Crippen molar-refractivity contribution in [2.24, 2.45) is 0 Å². The van der Waals surface area contributed by atoms with Crippen molar-refractivity contribution in [2.45, 2.75) is 30.7 Å². The zero-order valence-electron chi connectivity index (χ0n) is 15.5. The van der Waals surface area contributed by atoms with Crippen LogP contribution in [0, 0.1) is 6.92 Å². The van der Waals surface area contributed by atoms with Crippen LogP contribution in [-0.2, 0) is 10.0 Å². The summed E-state index contributed by atoms with van der Waals surface area (Å²) in [5.41, 5.74) is 1.50. The van der Waals surface area contributed by atoms with Crippen LogP contribution in [-0.4, -0.2) is 44.9 Å². The van der Waals surface area contributed by atoms with Gasteiger partial charge < -0.3 is 10.1 Å². The molecule has 1 amide bonds. The Morgan fingerprint density at radius 3 is 2.67 bits per heavy atom. The van der Waals surface area contributed by atoms with Crippen LogP contribution in [0.5, 0.6) is 5.75 Å². The highest BCUT2D eigenvalue weighted by Gasteiger charge is 2.35. The number of aryl methyl sites for hydroxylation is 1. The van der Waals surface area contributed by atoms with E-state index in [-0.39, 0.29) is 18.5 Å². The molecule has 0 saturated carbocycles. The third-order valence-electron chi connectivity index (χ3n) is 4.78. The Bertz CT molecular complexity index is 910. The van der Waals surface area contributed by atoms with Crippen LogP contribution in [0.2, 0.25) is 0 Å². The van der Waals surface area contributed by atoms with E-state index in [1.54, 1.807) is 55.6 Å². The predicted octanol–water partition coefficient (Wildman–Crippen LogP) is 2.59. The molecule has 1 aliphatic rings. The molecule has 1 saturated heterocycles. The topological polar surface area (TPSA) is 75.7 Å². The first-order valence-electron chi connectivity index (χ1n) is 8.92. The Kier molecular flexibility index (Phi) is 5.82. The van der Waals surface area contributed by atoms with Gasteiger partial charge in [0.1, 0.15) is 5.75 Å². The van der Waals surface area contributed by atoms with Crippen LogP contribution in [0.25, 0.3) is 0 Å². The van der Waals surface area contributed by atoms with E-state index in [1.165, 1.54) is 4.31 Å². The van der Waals surface area contributed by atoms with Crippen LogP contribution in [0.4, 0.5) is 0 Å². The molecular formula is C20H24N2O4S. The molecule has 0 radical (unpaired) electrons. The Morgan fingerprint density at radius 2 is 1.96 bits per heavy atom. The van der Waals surface area contributed by atoms with E-state index in [1.807, 2.05) is 6.92 Å². The van der Waals surface area contributed by atoms with Gasteiger partial charge in [-0.25, -0.2) is 8.42 Å². The fraction of sp³-hybridized carbons (Fsp3) is 0.350. The van der Waals surface area contributed by atoms with Gasteiger partial charge in [0, 0.05) is 24.7 Å². The summed E-state index contributed by atoms with van der Waals surface area (Å²) in [6, 6.07) is 13.5. The lowest BCUT2D eigenvalue weighted by Crippen LogP contribution is -2.43. The minimum absolute atomic E-state index is 0.242. The summed E-state index contributed by atoms with van der Waals surface area (Å²) in [4.78, 5) is 12.7. The van der Waals surface area contributed by atoms with Gasteiger partial charge in [-0.2, -0.15) is 4.31 Å². The third kappa shape index (κ3) is 4.31. The second-order valence-electron chi connectivity index (χ2n) is 6.67. The van der Waals surface area contributed by atoms with Crippen molar-refractivity contribution in [1.29, 1.82) is 0 Å². The fourth-order valence-corrected chi connectivity index (χ4v) is 4.94. The maximum atomic E-state index is 13.0. The highest BCUT2D eigenvalue weighted by Crippen LogP contribution is 2.26. The molecule has 1 aliphatic heterocycles. The highest BCUT2D eigenvalue weighted by molar-refractivity contribution is 7.89. The maximum absolute atomic E-state index is 13.0. The van der Waals surface area contributed by atoms with Crippen LogP contribution >= 0.6 is 0 Å². The number of nitrogens with zero attached hydrogens (tertiary/aromatic N) is 1. The molecule has 0 bridgehead atoms. The molecule has 3 rings (SSSR count). The van der Waals surface area contributed by atoms with E-state index in [9.17, 15) is 13.2 Å². The third-order valence-corrected chi connectivity index (χ3v) is 6.75. The van der Waals surface area contributed by atoms with Gasteiger partial charge in [-0.1, -0.05) is 23.8 Å². The summed E-state index contributed by atoms with van der Waals surface area (Å²) in [6.45, 7) is 2.67. The molecule has 144 valence electrons. The molecule has 1 atom stereocenters. The van der Waals surface area contributed by atoms with E-state index in [4.69, 9.17) is 4.74 Å². The summed E-state index contributed by atoms with van der Waals surface area (Å²) in [5, 5.41) is 2.85. The summed E-state index contributed by atoms with van der Waals surface area (Å²) in [7, 11) is -2.02. The lowest BCUT2D eigenvalue weighted by atomic mass is 10.2. The van der Waals surface area contributed by atoms with Gasteiger partial charge in [-0.05, 0) is 50.1 Å². The Balaban J connectivity index is 1.69. The van der Waals surface area contributed by atoms with Gasteiger partial charge in [-0.15, -0.1) is 0 Å². The maximum Gasteiger partial charge on any atom is 0.251 e. The number of sulfonamides is 1. The summed E-state index contributed by atoms with van der Waals surface area (Å²) in [6.07, 6.45) is 1.51. The average molecular weight is 388 g/mol. The first-order valence-corrected chi connectivity index (χ1v) is 10.4. The van der Waals surface area contributed by atoms with Crippen molar-refractivity contribution in [3.05, 3.63) is 59.7 Å². The Morgan fingerprint density at radius 1 is 1.22 bits per heavy atom. The van der Waals surface area contributed by atoms with Crippen molar-refractivity contribution in [1.82, 2.24) is 9.62 Å². The number of benzene rings is 2. The molecule has 7 heteroatoms. The lowest BCUT2D eigenvalue weighted by Gasteiger charge is -2.24. The summed E-state index contributed by atoms with van der Waals surface area (Å²) >= 11 is 0. The monoisotopic (exact) mass is 388 g/mol. The molecule has 0 aromatic heterocycles. The quantitative estimate of drug-likeness (QED) is 0.825. The van der Waals surface area contributed by atoms with Crippen LogP contribution in [0.1, 0.15) is 28.8 Å². The molecule has 1 N–H and O–H groups in total. The summed E-state index contributed by atoms with van der Waals surface area (Å²) in [5.74, 6) is 0.362. The Labute approximate surface area is 160 Å². The van der Waals surface area contributed by atoms with Gasteiger partial charge in [0.25, 0.3) is 5.91 Å². The number of carbonyl (C=O) groups is 1. The minimum atomic E-state index is -3.57. The first kappa shape index (κ1) is 19.4. The standard InChI is InChI=1S/C20H24N2O4S/c1-15-8-10-19(11-9-15)27(24,25)22-12-4-6-17(22)14-21-20(23)16-5-3-7-18(13-16)26-2/h3,5,7-11,13,17H,4,6,12,14H2,1-2H3,(H,21,23). The first-order chi connectivity index (χ1) is 12.9. The summed E-state index contributed by atoms with van der Waals surface area (Å²) < 4.78 is 32.5. The normalized spacial score (nSPS) is 17.6. The van der Waals surface area contributed by atoms with Crippen molar-refractivity contribution in [3.63, 3.8) is 0 Å². The van der Waals surface area contributed by atoms with Gasteiger partial charge in [0.05, 0.1) is 12.0 Å². The van der Waals surface area contributed by atoms with E-state index in [0.29, 0.717) is 22.8 Å². The fourth-order valence-electron chi connectivity index (χ4n) is 3.25. The average Bonchev–Trinajstić information content (AvgIpc) is 3.16. The SMILES string of the molecule is COc1cccc(C(=O)NCC2CCCN2S(=O)(=O)c2ccc(C)cc2)c1. The van der Waals surface area contributed by atoms with Crippen LogP contribution in [0.3, 0.4) is 0 Å². The van der Waals surface area contributed by atoms with E-state index >= 15 is 0 Å². The number of nitrogens with one attached hydrogen (secondary N) is 1. The molecule has 1 fully saturated rings. The number of amides is 1. The number of ether oxygens (including phenoxy) is 1. The lowest BCUT2D eigenvalue weighted by molar-refractivity contribution is 0.0946. The largest absolute Gasteiger partial charge is 0.497 e. The van der Waals surface area contributed by atoms with E-state index in [0.717, 1.165) is 18.4 Å². The van der Waals surface area contributed by atoms with E-state index < -0.39 is 10.0 Å². The van der Waals surface area contributed by atoms with Gasteiger partial charge in [0.15, 0.2) is 0 Å². The zero-order valence-corrected chi connectivity index (χ0v) is 16.3. The van der Waals surface area contributed by atoms with Gasteiger partial charge >= 0.3 is 0 Å². The van der Waals surface area contributed by atoms with Crippen molar-refractivity contribution in [2.75, 3.05) is 20.2 Å². The molecular weight excluding hydrogens is 364 g/mol. The number of rotatable bonds is 6. The second-order valence-corrected chi connectivity index (χ2v) is 8.56.